The summed E-state index contributed by atoms with van der Waals surface area (Å²) in [5.41, 5.74) is 3.90. The lowest BCUT2D eigenvalue weighted by molar-refractivity contribution is -0.123. The van der Waals surface area contributed by atoms with Crippen LogP contribution in [0.15, 0.2) is 24.3 Å². The molecule has 0 saturated heterocycles. The van der Waals surface area contributed by atoms with Crippen molar-refractivity contribution in [1.29, 1.82) is 0 Å². The topological polar surface area (TPSA) is 55.4 Å². The molecule has 0 spiro atoms. The first kappa shape index (κ1) is 19.2. The zero-order chi connectivity index (χ0) is 18.6. The number of ether oxygens (including phenoxy) is 1. The van der Waals surface area contributed by atoms with Gasteiger partial charge in [0.15, 0.2) is 6.10 Å². The highest BCUT2D eigenvalue weighted by Crippen LogP contribution is 2.24. The maximum atomic E-state index is 12.4. The van der Waals surface area contributed by atoms with E-state index in [0.29, 0.717) is 4.88 Å². The minimum absolute atomic E-state index is 0.326. The van der Waals surface area contributed by atoms with Gasteiger partial charge in [0, 0.05) is 10.6 Å². The number of aryl methyl sites for hydroxylation is 4. The van der Waals surface area contributed by atoms with Crippen molar-refractivity contribution in [2.75, 3.05) is 5.32 Å². The third-order valence-electron chi connectivity index (χ3n) is 4.12. The largest absolute Gasteiger partial charge is 0.448 e. The molecule has 0 bridgehead atoms. The molecule has 5 heteroatoms. The molecule has 1 heterocycles. The van der Waals surface area contributed by atoms with Gasteiger partial charge in [-0.15, -0.1) is 11.3 Å². The zero-order valence-corrected chi connectivity index (χ0v) is 16.3. The number of hydrogen-bond acceptors (Lipinski definition) is 4. The van der Waals surface area contributed by atoms with Crippen LogP contribution in [0, 0.1) is 20.8 Å². The third kappa shape index (κ3) is 4.69. The van der Waals surface area contributed by atoms with Gasteiger partial charge in [-0.2, -0.15) is 0 Å². The Bertz CT molecular complexity index is 759. The van der Waals surface area contributed by atoms with Gasteiger partial charge in [-0.05, 0) is 56.9 Å². The molecular weight excluding hydrogens is 334 g/mol. The first-order valence-electron chi connectivity index (χ1n) is 8.50. The predicted octanol–water partition coefficient (Wildman–Crippen LogP) is 4.81. The van der Waals surface area contributed by atoms with Crippen molar-refractivity contribution in [3.05, 3.63) is 50.7 Å². The second-order valence-corrected chi connectivity index (χ2v) is 7.50. The summed E-state index contributed by atoms with van der Waals surface area (Å²) in [6.45, 7) is 9.57. The molecule has 1 atom stereocenters. The van der Waals surface area contributed by atoms with E-state index in [2.05, 4.69) is 12.2 Å². The summed E-state index contributed by atoms with van der Waals surface area (Å²) in [7, 11) is 0. The molecule has 1 aromatic heterocycles. The number of anilines is 1. The molecule has 1 aromatic carbocycles. The lowest BCUT2D eigenvalue weighted by Crippen LogP contribution is -2.30. The fraction of sp³-hybridized carbons (Fsp3) is 0.400. The normalized spacial score (nSPS) is 11.9. The number of carbonyl (C=O) groups is 2. The van der Waals surface area contributed by atoms with Crippen LogP contribution in [-0.2, 0) is 16.0 Å². The minimum atomic E-state index is -0.858. The molecule has 0 unspecified atom stereocenters. The highest BCUT2D eigenvalue weighted by atomic mass is 32.1. The Balaban J connectivity index is 2.03. The maximum Gasteiger partial charge on any atom is 0.349 e. The Morgan fingerprint density at radius 1 is 1.20 bits per heavy atom. The molecule has 1 N–H and O–H groups in total. The standard InChI is InChI=1S/C20H25NO3S/c1-6-8-16-11-17(25-15(16)5)20(23)24-14(4)19(22)21-18-12(2)9-7-10-13(18)3/h7,9-11,14H,6,8H2,1-5H3,(H,21,22)/t14-/m0/s1. The number of carbonyl (C=O) groups excluding carboxylic acids is 2. The molecule has 2 rings (SSSR count). The summed E-state index contributed by atoms with van der Waals surface area (Å²) in [6, 6.07) is 7.69. The van der Waals surface area contributed by atoms with Gasteiger partial charge in [-0.25, -0.2) is 4.79 Å². The van der Waals surface area contributed by atoms with Crippen LogP contribution in [0.25, 0.3) is 0 Å². The van der Waals surface area contributed by atoms with Gasteiger partial charge in [0.2, 0.25) is 0 Å². The van der Waals surface area contributed by atoms with E-state index >= 15 is 0 Å². The number of thiophene rings is 1. The molecule has 0 aliphatic carbocycles. The quantitative estimate of drug-likeness (QED) is 0.753. The predicted molar refractivity (Wildman–Crippen MR) is 102 cm³/mol. The molecule has 25 heavy (non-hydrogen) atoms. The van der Waals surface area contributed by atoms with Crippen LogP contribution in [-0.4, -0.2) is 18.0 Å². The van der Waals surface area contributed by atoms with Crippen molar-refractivity contribution in [3.8, 4) is 0 Å². The Morgan fingerprint density at radius 3 is 2.44 bits per heavy atom. The number of rotatable bonds is 6. The van der Waals surface area contributed by atoms with Gasteiger partial charge in [-0.3, -0.25) is 4.79 Å². The minimum Gasteiger partial charge on any atom is -0.448 e. The molecule has 2 aromatic rings. The summed E-state index contributed by atoms with van der Waals surface area (Å²) in [6.07, 6.45) is 1.11. The fourth-order valence-electron chi connectivity index (χ4n) is 2.65. The van der Waals surface area contributed by atoms with Crippen molar-refractivity contribution in [2.45, 2.75) is 53.6 Å². The number of hydrogen-bond donors (Lipinski definition) is 1. The van der Waals surface area contributed by atoms with Crippen LogP contribution in [0.4, 0.5) is 5.69 Å². The number of nitrogens with one attached hydrogen (secondary N) is 1. The van der Waals surface area contributed by atoms with Crippen molar-refractivity contribution in [3.63, 3.8) is 0 Å². The summed E-state index contributed by atoms with van der Waals surface area (Å²) >= 11 is 1.42. The summed E-state index contributed by atoms with van der Waals surface area (Å²) < 4.78 is 5.36. The van der Waals surface area contributed by atoms with E-state index < -0.39 is 12.1 Å². The molecule has 0 saturated carbocycles. The van der Waals surface area contributed by atoms with Gasteiger partial charge >= 0.3 is 5.97 Å². The van der Waals surface area contributed by atoms with E-state index in [1.54, 1.807) is 6.92 Å². The van der Waals surface area contributed by atoms with Crippen LogP contribution in [0.2, 0.25) is 0 Å². The van der Waals surface area contributed by atoms with Crippen molar-refractivity contribution >= 4 is 28.9 Å². The highest BCUT2D eigenvalue weighted by Gasteiger charge is 2.21. The number of esters is 1. The molecule has 4 nitrogen and oxygen atoms in total. The van der Waals surface area contributed by atoms with Crippen molar-refractivity contribution in [1.82, 2.24) is 0 Å². The third-order valence-corrected chi connectivity index (χ3v) is 5.20. The Morgan fingerprint density at radius 2 is 1.84 bits per heavy atom. The van der Waals surface area contributed by atoms with Gasteiger partial charge in [0.05, 0.1) is 0 Å². The average Bonchev–Trinajstić information content (AvgIpc) is 2.92. The average molecular weight is 359 g/mol. The SMILES string of the molecule is CCCc1cc(C(=O)O[C@@H](C)C(=O)Nc2c(C)cccc2C)sc1C. The van der Waals surface area contributed by atoms with Gasteiger partial charge in [-0.1, -0.05) is 31.5 Å². The van der Waals surface area contributed by atoms with Crippen LogP contribution >= 0.6 is 11.3 Å². The Kier molecular flexibility index (Phi) is 6.37. The van der Waals surface area contributed by atoms with E-state index in [1.165, 1.54) is 16.9 Å². The van der Waals surface area contributed by atoms with Crippen molar-refractivity contribution in [2.24, 2.45) is 0 Å². The smallest absolute Gasteiger partial charge is 0.349 e. The number of amides is 1. The second kappa shape index (κ2) is 8.30. The highest BCUT2D eigenvalue weighted by molar-refractivity contribution is 7.14. The molecule has 134 valence electrons. The first-order valence-corrected chi connectivity index (χ1v) is 9.32. The van der Waals surface area contributed by atoms with E-state index in [4.69, 9.17) is 4.74 Å². The van der Waals surface area contributed by atoms with E-state index in [1.807, 2.05) is 45.0 Å². The summed E-state index contributed by atoms with van der Waals surface area (Å²) in [5.74, 6) is -0.771. The Labute approximate surface area is 153 Å². The van der Waals surface area contributed by atoms with Crippen LogP contribution in [0.1, 0.15) is 51.5 Å². The van der Waals surface area contributed by atoms with Gasteiger partial charge in [0.25, 0.3) is 5.91 Å². The first-order chi connectivity index (χ1) is 11.8. The van der Waals surface area contributed by atoms with Crippen LogP contribution in [0.5, 0.6) is 0 Å². The lowest BCUT2D eigenvalue weighted by Gasteiger charge is -2.15. The number of benzene rings is 1. The van der Waals surface area contributed by atoms with Gasteiger partial charge < -0.3 is 10.1 Å². The second-order valence-electron chi connectivity index (χ2n) is 6.25. The molecule has 0 radical (unpaired) electrons. The summed E-state index contributed by atoms with van der Waals surface area (Å²) in [5, 5.41) is 2.86. The van der Waals surface area contributed by atoms with E-state index in [0.717, 1.165) is 34.5 Å². The maximum absolute atomic E-state index is 12.4. The Hall–Kier alpha value is -2.14. The molecule has 0 fully saturated rings. The number of para-hydroxylation sites is 1. The van der Waals surface area contributed by atoms with Gasteiger partial charge in [0.1, 0.15) is 4.88 Å². The monoisotopic (exact) mass is 359 g/mol. The molecular formula is C20H25NO3S. The van der Waals surface area contributed by atoms with Crippen LogP contribution < -0.4 is 5.32 Å². The summed E-state index contributed by atoms with van der Waals surface area (Å²) in [4.78, 5) is 26.4. The van der Waals surface area contributed by atoms with Crippen LogP contribution in [0.3, 0.4) is 0 Å². The van der Waals surface area contributed by atoms with Crippen molar-refractivity contribution < 1.29 is 14.3 Å². The van der Waals surface area contributed by atoms with E-state index in [-0.39, 0.29) is 5.91 Å². The molecule has 0 aliphatic heterocycles. The molecule has 1 amide bonds. The lowest BCUT2D eigenvalue weighted by atomic mass is 10.1. The fourth-order valence-corrected chi connectivity index (χ4v) is 3.60. The molecule has 0 aliphatic rings. The zero-order valence-electron chi connectivity index (χ0n) is 15.4. The van der Waals surface area contributed by atoms with E-state index in [9.17, 15) is 9.59 Å².